The summed E-state index contributed by atoms with van der Waals surface area (Å²) in [5, 5.41) is 5.06. The quantitative estimate of drug-likeness (QED) is 0.816. The van der Waals surface area contributed by atoms with Gasteiger partial charge in [-0.25, -0.2) is 4.39 Å². The van der Waals surface area contributed by atoms with Crippen molar-refractivity contribution in [2.75, 3.05) is 26.0 Å². The van der Waals surface area contributed by atoms with Gasteiger partial charge in [0.05, 0.1) is 17.9 Å². The van der Waals surface area contributed by atoms with Crippen LogP contribution in [0.1, 0.15) is 11.6 Å². The molecule has 1 atom stereocenters. The molecule has 0 saturated carbocycles. The molecule has 0 saturated heterocycles. The van der Waals surface area contributed by atoms with E-state index in [9.17, 15) is 14.0 Å². The number of likely N-dealkylation sites (N-methyl/N-ethyl adjacent to an activating group) is 1. The van der Waals surface area contributed by atoms with Gasteiger partial charge in [0.25, 0.3) is 0 Å². The van der Waals surface area contributed by atoms with Crippen molar-refractivity contribution in [2.24, 2.45) is 0 Å². The zero-order valence-electron chi connectivity index (χ0n) is 13.5. The summed E-state index contributed by atoms with van der Waals surface area (Å²) < 4.78 is 13.0. The van der Waals surface area contributed by atoms with Gasteiger partial charge in [-0.3, -0.25) is 14.6 Å². The van der Waals surface area contributed by atoms with Gasteiger partial charge in [0.2, 0.25) is 0 Å². The lowest BCUT2D eigenvalue weighted by Crippen LogP contribution is -2.40. The Kier molecular flexibility index (Phi) is 5.97. The van der Waals surface area contributed by atoms with Crippen LogP contribution < -0.4 is 10.6 Å². The third-order valence-electron chi connectivity index (χ3n) is 3.46. The smallest absolute Gasteiger partial charge is 0.313 e. The van der Waals surface area contributed by atoms with Gasteiger partial charge in [-0.2, -0.15) is 0 Å². The summed E-state index contributed by atoms with van der Waals surface area (Å²) in [4.78, 5) is 29.5. The van der Waals surface area contributed by atoms with Crippen LogP contribution in [-0.4, -0.2) is 42.3 Å². The molecule has 6 nitrogen and oxygen atoms in total. The van der Waals surface area contributed by atoms with E-state index in [2.05, 4.69) is 15.6 Å². The summed E-state index contributed by atoms with van der Waals surface area (Å²) in [5.74, 6) is -1.83. The molecule has 0 aliphatic carbocycles. The molecule has 0 fully saturated rings. The number of amides is 2. The van der Waals surface area contributed by atoms with E-state index in [1.807, 2.05) is 19.0 Å². The van der Waals surface area contributed by atoms with E-state index in [1.165, 1.54) is 18.3 Å². The summed E-state index contributed by atoms with van der Waals surface area (Å²) in [6, 6.07) is 9.15. The third-order valence-corrected chi connectivity index (χ3v) is 3.46. The van der Waals surface area contributed by atoms with Crippen molar-refractivity contribution in [3.8, 4) is 0 Å². The third kappa shape index (κ3) is 4.85. The number of hydrogen-bond donors (Lipinski definition) is 2. The van der Waals surface area contributed by atoms with E-state index in [1.54, 1.807) is 30.5 Å². The fourth-order valence-electron chi connectivity index (χ4n) is 2.18. The lowest BCUT2D eigenvalue weighted by atomic mass is 10.1. The highest BCUT2D eigenvalue weighted by Crippen LogP contribution is 2.17. The lowest BCUT2D eigenvalue weighted by molar-refractivity contribution is -0.136. The number of nitrogens with zero attached hydrogens (tertiary/aromatic N) is 2. The maximum absolute atomic E-state index is 13.0. The first kappa shape index (κ1) is 17.6. The molecule has 0 bridgehead atoms. The number of anilines is 1. The molecule has 0 aliphatic rings. The van der Waals surface area contributed by atoms with E-state index in [0.717, 1.165) is 5.56 Å². The summed E-state index contributed by atoms with van der Waals surface area (Å²) in [6.45, 7) is 0.220. The normalized spacial score (nSPS) is 11.8. The molecule has 0 aliphatic heterocycles. The second-order valence-electron chi connectivity index (χ2n) is 5.44. The van der Waals surface area contributed by atoms with Crippen molar-refractivity contribution < 1.29 is 14.0 Å². The first-order valence-corrected chi connectivity index (χ1v) is 7.38. The zero-order valence-corrected chi connectivity index (χ0v) is 13.5. The fraction of sp³-hybridized carbons (Fsp3) is 0.235. The number of hydrogen-bond acceptors (Lipinski definition) is 4. The second-order valence-corrected chi connectivity index (χ2v) is 5.44. The van der Waals surface area contributed by atoms with Crippen molar-refractivity contribution in [2.45, 2.75) is 6.04 Å². The fourth-order valence-corrected chi connectivity index (χ4v) is 2.18. The molecule has 7 heteroatoms. The number of pyridine rings is 1. The van der Waals surface area contributed by atoms with E-state index in [0.29, 0.717) is 5.69 Å². The molecular weight excluding hydrogens is 311 g/mol. The topological polar surface area (TPSA) is 74.3 Å². The van der Waals surface area contributed by atoms with Crippen molar-refractivity contribution in [3.63, 3.8) is 0 Å². The van der Waals surface area contributed by atoms with Crippen molar-refractivity contribution in [1.82, 2.24) is 15.2 Å². The number of nitrogens with one attached hydrogen (secondary N) is 2. The molecule has 2 aromatic rings. The van der Waals surface area contributed by atoms with Crippen molar-refractivity contribution in [1.29, 1.82) is 0 Å². The standard InChI is InChI=1S/C17H19FN4O2/c1-22(2)15(12-5-7-13(18)8-6-12)11-20-16(23)17(24)21-14-4-3-9-19-10-14/h3-10,15H,11H2,1-2H3,(H,20,23)(H,21,24)/t15-/m1/s1. The van der Waals surface area contributed by atoms with Crippen molar-refractivity contribution in [3.05, 3.63) is 60.2 Å². The maximum Gasteiger partial charge on any atom is 0.313 e. The first-order valence-electron chi connectivity index (χ1n) is 7.38. The molecular formula is C17H19FN4O2. The maximum atomic E-state index is 13.0. The monoisotopic (exact) mass is 330 g/mol. The summed E-state index contributed by atoms with van der Waals surface area (Å²) in [7, 11) is 3.69. The lowest BCUT2D eigenvalue weighted by Gasteiger charge is -2.25. The predicted molar refractivity (Wildman–Crippen MR) is 88.7 cm³/mol. The molecule has 1 aromatic heterocycles. The molecule has 0 unspecified atom stereocenters. The molecule has 0 spiro atoms. The predicted octanol–water partition coefficient (Wildman–Crippen LogP) is 1.58. The Hall–Kier alpha value is -2.80. The van der Waals surface area contributed by atoms with Crippen LogP contribution in [-0.2, 0) is 9.59 Å². The van der Waals surface area contributed by atoms with Crippen LogP contribution in [0.25, 0.3) is 0 Å². The van der Waals surface area contributed by atoms with Crippen LogP contribution in [0, 0.1) is 5.82 Å². The minimum absolute atomic E-state index is 0.180. The first-order chi connectivity index (χ1) is 11.5. The number of carbonyl (C=O) groups excluding carboxylic acids is 2. The van der Waals surface area contributed by atoms with Crippen LogP contribution in [0.3, 0.4) is 0 Å². The highest BCUT2D eigenvalue weighted by Gasteiger charge is 2.19. The number of rotatable bonds is 5. The van der Waals surface area contributed by atoms with Crippen LogP contribution >= 0.6 is 0 Å². The Balaban J connectivity index is 1.95. The van der Waals surface area contributed by atoms with Gasteiger partial charge >= 0.3 is 11.8 Å². The molecule has 0 radical (unpaired) electrons. The molecule has 24 heavy (non-hydrogen) atoms. The SMILES string of the molecule is CN(C)[C@H](CNC(=O)C(=O)Nc1cccnc1)c1ccc(F)cc1. The molecule has 126 valence electrons. The minimum Gasteiger partial charge on any atom is -0.346 e. The Morgan fingerprint density at radius 2 is 1.88 bits per heavy atom. The van der Waals surface area contributed by atoms with Crippen LogP contribution in [0.15, 0.2) is 48.8 Å². The number of benzene rings is 1. The van der Waals surface area contributed by atoms with E-state index >= 15 is 0 Å². The molecule has 1 heterocycles. The Morgan fingerprint density at radius 3 is 2.46 bits per heavy atom. The van der Waals surface area contributed by atoms with E-state index in [4.69, 9.17) is 0 Å². The summed E-state index contributed by atoms with van der Waals surface area (Å²) in [5.41, 5.74) is 1.29. The number of carbonyl (C=O) groups is 2. The average molecular weight is 330 g/mol. The zero-order chi connectivity index (χ0) is 17.5. The molecule has 2 rings (SSSR count). The molecule has 1 aromatic carbocycles. The van der Waals surface area contributed by atoms with Crippen LogP contribution in [0.2, 0.25) is 0 Å². The Morgan fingerprint density at radius 1 is 1.17 bits per heavy atom. The highest BCUT2D eigenvalue weighted by atomic mass is 19.1. The van der Waals surface area contributed by atoms with Gasteiger partial charge in [-0.1, -0.05) is 12.1 Å². The van der Waals surface area contributed by atoms with Gasteiger partial charge in [-0.05, 0) is 43.9 Å². The van der Waals surface area contributed by atoms with Crippen LogP contribution in [0.4, 0.5) is 10.1 Å². The Bertz CT molecular complexity index is 689. The minimum atomic E-state index is -0.764. The van der Waals surface area contributed by atoms with E-state index < -0.39 is 11.8 Å². The molecule has 2 amide bonds. The highest BCUT2D eigenvalue weighted by molar-refractivity contribution is 6.39. The van der Waals surface area contributed by atoms with Gasteiger partial charge < -0.3 is 15.5 Å². The number of halogens is 1. The van der Waals surface area contributed by atoms with Crippen molar-refractivity contribution >= 4 is 17.5 Å². The second kappa shape index (κ2) is 8.16. The Labute approximate surface area is 139 Å². The average Bonchev–Trinajstić information content (AvgIpc) is 2.57. The van der Waals surface area contributed by atoms with Crippen LogP contribution in [0.5, 0.6) is 0 Å². The van der Waals surface area contributed by atoms with Gasteiger partial charge in [0, 0.05) is 12.7 Å². The molecule has 2 N–H and O–H groups in total. The van der Waals surface area contributed by atoms with Gasteiger partial charge in [0.15, 0.2) is 0 Å². The van der Waals surface area contributed by atoms with E-state index in [-0.39, 0.29) is 18.4 Å². The van der Waals surface area contributed by atoms with Gasteiger partial charge in [-0.15, -0.1) is 0 Å². The summed E-state index contributed by atoms with van der Waals surface area (Å²) >= 11 is 0. The number of aromatic nitrogens is 1. The van der Waals surface area contributed by atoms with Gasteiger partial charge in [0.1, 0.15) is 5.82 Å². The largest absolute Gasteiger partial charge is 0.346 e. The summed E-state index contributed by atoms with van der Waals surface area (Å²) in [6.07, 6.45) is 3.02.